The van der Waals surface area contributed by atoms with Crippen LogP contribution >= 0.6 is 0 Å². The first-order chi connectivity index (χ1) is 48.4. The Hall–Kier alpha value is -13.8. The van der Waals surface area contributed by atoms with Gasteiger partial charge in [0.25, 0.3) is 0 Å². The van der Waals surface area contributed by atoms with Crippen LogP contribution in [-0.4, -0.2) is 24.1 Å². The molecule has 0 aliphatic heterocycles. The van der Waals surface area contributed by atoms with Gasteiger partial charge in [0.15, 0.2) is 17.5 Å². The molecule has 0 aliphatic carbocycles. The summed E-state index contributed by atoms with van der Waals surface area (Å²) in [4.78, 5) is 16.5. The zero-order chi connectivity index (χ0) is 65.6. The summed E-state index contributed by atoms with van der Waals surface area (Å²) in [6.07, 6.45) is 0. The van der Waals surface area contributed by atoms with Crippen molar-refractivity contribution in [3.8, 4) is 142 Å². The van der Waals surface area contributed by atoms with Gasteiger partial charge in [0.2, 0.25) is 0 Å². The molecule has 98 heavy (non-hydrogen) atoms. The Morgan fingerprint density at radius 3 is 0.929 bits per heavy atom. The van der Waals surface area contributed by atoms with Gasteiger partial charge >= 0.3 is 0 Å². The number of benzene rings is 14. The van der Waals surface area contributed by atoms with Crippen molar-refractivity contribution in [3.05, 3.63) is 344 Å². The monoisotopic (exact) mass is 1250 g/mol. The van der Waals surface area contributed by atoms with Crippen molar-refractivity contribution in [3.63, 3.8) is 0 Å². The van der Waals surface area contributed by atoms with E-state index in [0.29, 0.717) is 62.0 Å². The van der Waals surface area contributed by atoms with Crippen molar-refractivity contribution in [2.45, 2.75) is 0 Å². The summed E-state index contributed by atoms with van der Waals surface area (Å²) >= 11 is 0. The maximum atomic E-state index is 11.0. The Labute approximate surface area is 566 Å². The van der Waals surface area contributed by atoms with Crippen LogP contribution in [-0.2, 0) is 0 Å². The Kier molecular flexibility index (Phi) is 14.5. The fraction of sp³-hybridized carbons (Fsp3) is 0. The lowest BCUT2D eigenvalue weighted by molar-refractivity contribution is 1.07. The van der Waals surface area contributed by atoms with Gasteiger partial charge in [0.05, 0.1) is 57.0 Å². The first-order valence-electron chi connectivity index (χ1n) is 32.5. The fourth-order valence-corrected chi connectivity index (χ4v) is 14.0. The first-order valence-corrected chi connectivity index (χ1v) is 32.5. The van der Waals surface area contributed by atoms with E-state index in [9.17, 15) is 15.8 Å². The van der Waals surface area contributed by atoms with E-state index >= 15 is 0 Å². The van der Waals surface area contributed by atoms with Crippen LogP contribution in [0, 0.1) is 34.0 Å². The predicted octanol–water partition coefficient (Wildman–Crippen LogP) is 22.4. The minimum Gasteiger partial charge on any atom is -0.309 e. The van der Waals surface area contributed by atoms with Crippen LogP contribution in [0.2, 0.25) is 0 Å². The van der Waals surface area contributed by atoms with Gasteiger partial charge in [-0.1, -0.05) is 212 Å². The second-order valence-corrected chi connectivity index (χ2v) is 24.4. The molecular formula is C90H54N8. The summed E-state index contributed by atoms with van der Waals surface area (Å²) in [5.41, 5.74) is 23.0. The molecule has 0 unspecified atom stereocenters. The van der Waals surface area contributed by atoms with E-state index < -0.39 is 0 Å². The van der Waals surface area contributed by atoms with Gasteiger partial charge < -0.3 is 9.13 Å². The number of hydrogen-bond acceptors (Lipinski definition) is 6. The van der Waals surface area contributed by atoms with Crippen LogP contribution in [0.25, 0.3) is 167 Å². The molecule has 0 N–H and O–H groups in total. The summed E-state index contributed by atoms with van der Waals surface area (Å²) in [5.74, 6) is 1.13. The number of aromatic nitrogens is 5. The minimum absolute atomic E-state index is 0.368. The van der Waals surface area contributed by atoms with Crippen molar-refractivity contribution in [1.82, 2.24) is 24.1 Å². The predicted molar refractivity (Wildman–Crippen MR) is 397 cm³/mol. The van der Waals surface area contributed by atoms with E-state index in [4.69, 9.17) is 15.0 Å². The molecule has 0 amide bonds. The highest BCUT2D eigenvalue weighted by Gasteiger charge is 2.25. The smallest absolute Gasteiger partial charge is 0.164 e. The highest BCUT2D eigenvalue weighted by molar-refractivity contribution is 6.13. The molecule has 8 nitrogen and oxygen atoms in total. The number of fused-ring (bicyclic) bond motifs is 6. The van der Waals surface area contributed by atoms with Gasteiger partial charge in [-0.05, 0) is 182 Å². The summed E-state index contributed by atoms with van der Waals surface area (Å²) in [6.45, 7) is 0. The zero-order valence-corrected chi connectivity index (χ0v) is 52.8. The van der Waals surface area contributed by atoms with Gasteiger partial charge in [-0.15, -0.1) is 0 Å². The number of hydrogen-bond donors (Lipinski definition) is 0. The van der Waals surface area contributed by atoms with Gasteiger partial charge in [0, 0.05) is 60.7 Å². The third-order valence-electron chi connectivity index (χ3n) is 18.7. The Morgan fingerprint density at radius 2 is 0.541 bits per heavy atom. The summed E-state index contributed by atoms with van der Waals surface area (Å²) in [5, 5.41) is 36.5. The van der Waals surface area contributed by atoms with E-state index in [0.717, 1.165) is 122 Å². The molecule has 8 heteroatoms. The van der Waals surface area contributed by atoms with Crippen molar-refractivity contribution >= 4 is 43.6 Å². The zero-order valence-electron chi connectivity index (χ0n) is 52.8. The fourth-order valence-electron chi connectivity index (χ4n) is 14.0. The van der Waals surface area contributed by atoms with Crippen molar-refractivity contribution in [2.24, 2.45) is 0 Å². The highest BCUT2D eigenvalue weighted by Crippen LogP contribution is 2.45. The molecular weight excluding hydrogens is 1190 g/mol. The van der Waals surface area contributed by atoms with Gasteiger partial charge in [-0.25, -0.2) is 15.0 Å². The van der Waals surface area contributed by atoms with Gasteiger partial charge in [-0.2, -0.15) is 15.8 Å². The van der Waals surface area contributed by atoms with E-state index in [1.165, 1.54) is 0 Å². The maximum Gasteiger partial charge on any atom is 0.164 e. The summed E-state index contributed by atoms with van der Waals surface area (Å²) < 4.78 is 4.63. The standard InChI is InChI=1S/C90H54N8/c91-55-58-19-17-30-63(47-58)64-31-18-32-69(48-64)88-94-89(76-41-39-72(53-78(76)74-33-15-13-28-70(74)56-92)97-84-43-35-65(59-20-5-1-6-21-59)49-80(84)81-50-66(36-44-85(81)97)60-22-7-2-8-23-60)96-90(95-88)77-42-40-73(54-79(77)75-34-16-14-29-71(75)57-93)98-86-45-37-67(61-24-9-3-10-25-61)51-82(86)83-52-68(38-46-87(83)98)62-26-11-4-12-27-62/h1-54H. The van der Waals surface area contributed by atoms with Crippen LogP contribution < -0.4 is 0 Å². The van der Waals surface area contributed by atoms with Crippen LogP contribution in [0.1, 0.15) is 16.7 Å². The van der Waals surface area contributed by atoms with Gasteiger partial charge in [-0.3, -0.25) is 0 Å². The second kappa shape index (κ2) is 24.6. The van der Waals surface area contributed by atoms with Crippen molar-refractivity contribution in [2.75, 3.05) is 0 Å². The Morgan fingerprint density at radius 1 is 0.214 bits per heavy atom. The lowest BCUT2D eigenvalue weighted by atomic mass is 9.93. The molecule has 0 fully saturated rings. The molecule has 17 rings (SSSR count). The van der Waals surface area contributed by atoms with Gasteiger partial charge in [0.1, 0.15) is 0 Å². The average molecular weight is 1250 g/mol. The second-order valence-electron chi connectivity index (χ2n) is 24.4. The summed E-state index contributed by atoms with van der Waals surface area (Å²) in [6, 6.07) is 120. The van der Waals surface area contributed by atoms with Crippen molar-refractivity contribution < 1.29 is 0 Å². The molecule has 17 aromatic rings. The molecule has 3 aromatic heterocycles. The molecule has 0 radical (unpaired) electrons. The number of rotatable bonds is 12. The van der Waals surface area contributed by atoms with E-state index in [2.05, 4.69) is 234 Å². The SMILES string of the molecule is N#Cc1cccc(-c2cccc(-c3nc(-c4ccc(-n5c6ccc(-c7ccccc7)cc6c6cc(-c7ccccc7)ccc65)cc4-c4ccccc4C#N)nc(-c4ccc(-n5c6ccc(-c7ccccc7)cc6c6cc(-c7ccccc7)ccc65)cc4-c4ccccc4C#N)n3)c2)c1. The quantitative estimate of drug-likeness (QED) is 0.120. The lowest BCUT2D eigenvalue weighted by Crippen LogP contribution is -2.04. The maximum absolute atomic E-state index is 11.0. The molecule has 0 saturated heterocycles. The molecule has 14 aromatic carbocycles. The number of nitrogens with zero attached hydrogens (tertiary/aromatic N) is 8. The lowest BCUT2D eigenvalue weighted by Gasteiger charge is -2.18. The first kappa shape index (κ1) is 58.0. The van der Waals surface area contributed by atoms with Crippen LogP contribution in [0.15, 0.2) is 328 Å². The molecule has 454 valence electrons. The molecule has 0 spiro atoms. The molecule has 0 aliphatic rings. The van der Waals surface area contributed by atoms with Crippen LogP contribution in [0.3, 0.4) is 0 Å². The van der Waals surface area contributed by atoms with E-state index in [1.807, 2.05) is 115 Å². The van der Waals surface area contributed by atoms with Crippen molar-refractivity contribution in [1.29, 1.82) is 15.8 Å². The number of nitriles is 3. The molecule has 0 atom stereocenters. The Bertz CT molecular complexity index is 5630. The minimum atomic E-state index is 0.368. The average Bonchev–Trinajstić information content (AvgIpc) is 1.53. The molecule has 0 bridgehead atoms. The third-order valence-corrected chi connectivity index (χ3v) is 18.7. The normalized spacial score (nSPS) is 11.2. The summed E-state index contributed by atoms with van der Waals surface area (Å²) in [7, 11) is 0. The molecule has 3 heterocycles. The van der Waals surface area contributed by atoms with Crippen LogP contribution in [0.5, 0.6) is 0 Å². The third kappa shape index (κ3) is 10.4. The molecule has 0 saturated carbocycles. The van der Waals surface area contributed by atoms with Crippen LogP contribution in [0.4, 0.5) is 0 Å². The van der Waals surface area contributed by atoms with E-state index in [-0.39, 0.29) is 0 Å². The topological polar surface area (TPSA) is 120 Å². The highest BCUT2D eigenvalue weighted by atomic mass is 15.0. The largest absolute Gasteiger partial charge is 0.309 e. The Balaban J connectivity index is 0.904. The van der Waals surface area contributed by atoms with E-state index in [1.54, 1.807) is 6.07 Å².